The fourth-order valence-corrected chi connectivity index (χ4v) is 3.59. The standard InChI is InChI=1S/C24H26N4O3/c29-23-11-10-22(26-28(23)17-19-6-2-1-3-7-19)24(30)25-16-20-8-4-5-9-21(20)18-27-12-14-31-15-13-27/h1-11H,12-18H2,(H,25,30). The average molecular weight is 418 g/mol. The molecule has 1 amide bonds. The molecule has 0 aliphatic carbocycles. The lowest BCUT2D eigenvalue weighted by molar-refractivity contribution is 0.0340. The molecule has 3 aromatic rings. The number of amides is 1. The van der Waals surface area contributed by atoms with E-state index in [0.29, 0.717) is 13.1 Å². The number of carbonyl (C=O) groups is 1. The lowest BCUT2D eigenvalue weighted by Gasteiger charge is -2.27. The van der Waals surface area contributed by atoms with Crippen molar-refractivity contribution >= 4 is 5.91 Å². The molecule has 0 unspecified atom stereocenters. The number of nitrogens with zero attached hydrogens (tertiary/aromatic N) is 3. The van der Waals surface area contributed by atoms with Gasteiger partial charge in [0.2, 0.25) is 0 Å². The van der Waals surface area contributed by atoms with Crippen LogP contribution < -0.4 is 10.9 Å². The molecular formula is C24H26N4O3. The Morgan fingerprint density at radius 3 is 2.39 bits per heavy atom. The van der Waals surface area contributed by atoms with Crippen molar-refractivity contribution in [3.63, 3.8) is 0 Å². The van der Waals surface area contributed by atoms with E-state index in [1.807, 2.05) is 48.5 Å². The molecule has 2 aromatic carbocycles. The van der Waals surface area contributed by atoms with E-state index in [9.17, 15) is 9.59 Å². The smallest absolute Gasteiger partial charge is 0.271 e. The Morgan fingerprint density at radius 2 is 1.61 bits per heavy atom. The minimum atomic E-state index is -0.303. The van der Waals surface area contributed by atoms with Crippen LogP contribution in [0.4, 0.5) is 0 Å². The van der Waals surface area contributed by atoms with Gasteiger partial charge >= 0.3 is 0 Å². The van der Waals surface area contributed by atoms with Crippen molar-refractivity contribution in [2.75, 3.05) is 26.3 Å². The molecule has 0 radical (unpaired) electrons. The van der Waals surface area contributed by atoms with Crippen LogP contribution in [0.15, 0.2) is 71.5 Å². The van der Waals surface area contributed by atoms with Crippen molar-refractivity contribution in [1.82, 2.24) is 20.0 Å². The molecule has 0 atom stereocenters. The summed E-state index contributed by atoms with van der Waals surface area (Å²) in [6.45, 7) is 4.88. The van der Waals surface area contributed by atoms with Crippen molar-refractivity contribution in [2.24, 2.45) is 0 Å². The molecule has 1 aliphatic heterocycles. The van der Waals surface area contributed by atoms with Gasteiger partial charge in [-0.1, -0.05) is 54.6 Å². The maximum Gasteiger partial charge on any atom is 0.271 e. The summed E-state index contributed by atoms with van der Waals surface area (Å²) in [5.74, 6) is -0.303. The van der Waals surface area contributed by atoms with Gasteiger partial charge in [0.1, 0.15) is 5.69 Å². The molecule has 1 fully saturated rings. The minimum Gasteiger partial charge on any atom is -0.379 e. The normalized spacial score (nSPS) is 14.3. The molecule has 1 aliphatic rings. The lowest BCUT2D eigenvalue weighted by Crippen LogP contribution is -2.36. The molecule has 0 saturated carbocycles. The summed E-state index contributed by atoms with van der Waals surface area (Å²) in [5.41, 5.74) is 3.19. The van der Waals surface area contributed by atoms with Crippen molar-refractivity contribution < 1.29 is 9.53 Å². The molecule has 0 spiro atoms. The van der Waals surface area contributed by atoms with E-state index in [-0.39, 0.29) is 17.2 Å². The zero-order valence-corrected chi connectivity index (χ0v) is 17.4. The zero-order valence-electron chi connectivity index (χ0n) is 17.4. The van der Waals surface area contributed by atoms with Gasteiger partial charge in [0, 0.05) is 32.2 Å². The van der Waals surface area contributed by atoms with Gasteiger partial charge in [0.25, 0.3) is 11.5 Å². The fourth-order valence-electron chi connectivity index (χ4n) is 3.59. The van der Waals surface area contributed by atoms with Crippen LogP contribution in [0.5, 0.6) is 0 Å². The Balaban J connectivity index is 1.42. The number of hydrogen-bond acceptors (Lipinski definition) is 5. The van der Waals surface area contributed by atoms with Gasteiger partial charge in [-0.05, 0) is 22.8 Å². The minimum absolute atomic E-state index is 0.223. The van der Waals surface area contributed by atoms with E-state index in [2.05, 4.69) is 21.4 Å². The maximum absolute atomic E-state index is 12.7. The van der Waals surface area contributed by atoms with Gasteiger partial charge in [-0.3, -0.25) is 14.5 Å². The van der Waals surface area contributed by atoms with Crippen molar-refractivity contribution in [1.29, 1.82) is 0 Å². The maximum atomic E-state index is 12.7. The first-order valence-corrected chi connectivity index (χ1v) is 10.5. The Hall–Kier alpha value is -3.29. The second kappa shape index (κ2) is 10.1. The Morgan fingerprint density at radius 1 is 0.903 bits per heavy atom. The van der Waals surface area contributed by atoms with Crippen LogP contribution in [0.25, 0.3) is 0 Å². The summed E-state index contributed by atoms with van der Waals surface area (Å²) >= 11 is 0. The third-order valence-corrected chi connectivity index (χ3v) is 5.33. The fraction of sp³-hybridized carbons (Fsp3) is 0.292. The third-order valence-electron chi connectivity index (χ3n) is 5.33. The average Bonchev–Trinajstić information content (AvgIpc) is 2.81. The number of ether oxygens (including phenoxy) is 1. The highest BCUT2D eigenvalue weighted by molar-refractivity contribution is 5.91. The quantitative estimate of drug-likeness (QED) is 0.636. The molecule has 160 valence electrons. The van der Waals surface area contributed by atoms with E-state index >= 15 is 0 Å². The predicted octanol–water partition coefficient (Wildman–Crippen LogP) is 2.05. The molecule has 1 N–H and O–H groups in total. The van der Waals surface area contributed by atoms with E-state index in [1.54, 1.807) is 0 Å². The SMILES string of the molecule is O=C(NCc1ccccc1CN1CCOCC1)c1ccc(=O)n(Cc2ccccc2)n1. The van der Waals surface area contributed by atoms with Gasteiger partial charge in [0.05, 0.1) is 19.8 Å². The Labute approximate surface area is 181 Å². The summed E-state index contributed by atoms with van der Waals surface area (Å²) in [4.78, 5) is 27.2. The highest BCUT2D eigenvalue weighted by atomic mass is 16.5. The zero-order chi connectivity index (χ0) is 21.5. The van der Waals surface area contributed by atoms with E-state index in [4.69, 9.17) is 4.74 Å². The van der Waals surface area contributed by atoms with Crippen LogP contribution in [0.2, 0.25) is 0 Å². The molecular weight excluding hydrogens is 392 g/mol. The largest absolute Gasteiger partial charge is 0.379 e. The second-order valence-electron chi connectivity index (χ2n) is 7.54. The first-order valence-electron chi connectivity index (χ1n) is 10.5. The summed E-state index contributed by atoms with van der Waals surface area (Å²) in [6.07, 6.45) is 0. The van der Waals surface area contributed by atoms with Gasteiger partial charge in [-0.15, -0.1) is 0 Å². The highest BCUT2D eigenvalue weighted by Gasteiger charge is 2.14. The summed E-state index contributed by atoms with van der Waals surface area (Å²) in [5, 5.41) is 7.21. The number of morpholine rings is 1. The molecule has 1 saturated heterocycles. The molecule has 2 heterocycles. The first kappa shape index (κ1) is 21.0. The predicted molar refractivity (Wildman–Crippen MR) is 118 cm³/mol. The van der Waals surface area contributed by atoms with Gasteiger partial charge < -0.3 is 10.1 Å². The molecule has 1 aromatic heterocycles. The summed E-state index contributed by atoms with van der Waals surface area (Å²) in [7, 11) is 0. The third kappa shape index (κ3) is 5.65. The van der Waals surface area contributed by atoms with Crippen LogP contribution in [-0.2, 0) is 24.4 Å². The molecule has 0 bridgehead atoms. The molecule has 31 heavy (non-hydrogen) atoms. The van der Waals surface area contributed by atoms with Gasteiger partial charge in [-0.25, -0.2) is 4.68 Å². The monoisotopic (exact) mass is 418 g/mol. The molecule has 7 nitrogen and oxygen atoms in total. The van der Waals surface area contributed by atoms with Crippen LogP contribution in [0, 0.1) is 0 Å². The van der Waals surface area contributed by atoms with E-state index in [1.165, 1.54) is 22.4 Å². The number of benzene rings is 2. The Bertz CT molecular complexity index is 1080. The van der Waals surface area contributed by atoms with Crippen molar-refractivity contribution in [2.45, 2.75) is 19.6 Å². The van der Waals surface area contributed by atoms with Crippen LogP contribution in [0.1, 0.15) is 27.2 Å². The lowest BCUT2D eigenvalue weighted by atomic mass is 10.1. The van der Waals surface area contributed by atoms with Gasteiger partial charge in [0.15, 0.2) is 0 Å². The number of rotatable bonds is 7. The number of aromatic nitrogens is 2. The molecule has 7 heteroatoms. The first-order chi connectivity index (χ1) is 15.2. The van der Waals surface area contributed by atoms with Crippen molar-refractivity contribution in [3.8, 4) is 0 Å². The highest BCUT2D eigenvalue weighted by Crippen LogP contribution is 2.13. The topological polar surface area (TPSA) is 76.5 Å². The molecule has 4 rings (SSSR count). The van der Waals surface area contributed by atoms with Crippen molar-refractivity contribution in [3.05, 3.63) is 99.5 Å². The number of carbonyl (C=O) groups excluding carboxylic acids is 1. The number of hydrogen-bond donors (Lipinski definition) is 1. The van der Waals surface area contributed by atoms with E-state index < -0.39 is 0 Å². The second-order valence-corrected chi connectivity index (χ2v) is 7.54. The van der Waals surface area contributed by atoms with Crippen LogP contribution >= 0.6 is 0 Å². The van der Waals surface area contributed by atoms with Crippen LogP contribution in [-0.4, -0.2) is 46.9 Å². The van der Waals surface area contributed by atoms with E-state index in [0.717, 1.165) is 44.0 Å². The summed E-state index contributed by atoms with van der Waals surface area (Å²) in [6, 6.07) is 20.5. The summed E-state index contributed by atoms with van der Waals surface area (Å²) < 4.78 is 6.74. The number of nitrogens with one attached hydrogen (secondary N) is 1. The van der Waals surface area contributed by atoms with Gasteiger partial charge in [-0.2, -0.15) is 5.10 Å². The Kier molecular flexibility index (Phi) is 6.86. The van der Waals surface area contributed by atoms with Crippen LogP contribution in [0.3, 0.4) is 0 Å².